The van der Waals surface area contributed by atoms with Crippen LogP contribution in [0.4, 0.5) is 0 Å². The summed E-state index contributed by atoms with van der Waals surface area (Å²) in [5.41, 5.74) is -0.0307. The molecule has 2 aliphatic heterocycles. The van der Waals surface area contributed by atoms with Gasteiger partial charge in [0.05, 0.1) is 11.5 Å². The van der Waals surface area contributed by atoms with E-state index in [2.05, 4.69) is 5.32 Å². The van der Waals surface area contributed by atoms with Gasteiger partial charge >= 0.3 is 0 Å². The van der Waals surface area contributed by atoms with Gasteiger partial charge in [-0.25, -0.2) is 8.42 Å². The highest BCUT2D eigenvalue weighted by Gasteiger charge is 2.42. The minimum absolute atomic E-state index is 0.0307. The van der Waals surface area contributed by atoms with Crippen molar-refractivity contribution in [2.45, 2.75) is 31.2 Å². The quantitative estimate of drug-likeness (QED) is 0.597. The topological polar surface area (TPSA) is 46.2 Å². The van der Waals surface area contributed by atoms with Crippen LogP contribution in [0.15, 0.2) is 0 Å². The third-order valence-electron chi connectivity index (χ3n) is 2.97. The van der Waals surface area contributed by atoms with E-state index in [-0.39, 0.29) is 5.54 Å². The van der Waals surface area contributed by atoms with Gasteiger partial charge in [-0.15, -0.1) is 0 Å². The van der Waals surface area contributed by atoms with Crippen molar-refractivity contribution in [3.05, 3.63) is 0 Å². The molecule has 1 unspecified atom stereocenters. The van der Waals surface area contributed by atoms with Crippen molar-refractivity contribution in [2.75, 3.05) is 18.1 Å². The third-order valence-corrected chi connectivity index (χ3v) is 4.79. The van der Waals surface area contributed by atoms with Crippen molar-refractivity contribution in [3.63, 3.8) is 0 Å². The Hall–Kier alpha value is -0.0900. The number of sulfone groups is 1. The smallest absolute Gasteiger partial charge is 0.152 e. The molecule has 0 radical (unpaired) electrons. The van der Waals surface area contributed by atoms with Crippen LogP contribution in [0.3, 0.4) is 0 Å². The maximum atomic E-state index is 11.3. The summed E-state index contributed by atoms with van der Waals surface area (Å²) in [5.74, 6) is 0.764. The molecule has 2 saturated heterocycles. The van der Waals surface area contributed by atoms with Gasteiger partial charge in [-0.3, -0.25) is 0 Å². The molecule has 0 aromatic rings. The Labute approximate surface area is 73.5 Å². The van der Waals surface area contributed by atoms with Gasteiger partial charge < -0.3 is 5.32 Å². The van der Waals surface area contributed by atoms with Crippen molar-refractivity contribution < 1.29 is 8.42 Å². The lowest BCUT2D eigenvalue weighted by molar-refractivity contribution is 0.285. The fourth-order valence-corrected chi connectivity index (χ4v) is 4.36. The Morgan fingerprint density at radius 2 is 2.00 bits per heavy atom. The Bertz CT molecular complexity index is 265. The first-order valence-electron chi connectivity index (χ1n) is 4.57. The van der Waals surface area contributed by atoms with Crippen LogP contribution in [0.2, 0.25) is 0 Å². The van der Waals surface area contributed by atoms with E-state index in [1.165, 1.54) is 12.8 Å². The molecule has 2 rings (SSSR count). The normalized spacial score (nSPS) is 40.3. The summed E-state index contributed by atoms with van der Waals surface area (Å²) in [6, 6.07) is 0. The van der Waals surface area contributed by atoms with Crippen LogP contribution < -0.4 is 5.32 Å². The van der Waals surface area contributed by atoms with Gasteiger partial charge in [0.1, 0.15) is 0 Å². The SMILES string of the molecule is O=S1(=O)CCC2(CCCCN2)C1. The second kappa shape index (κ2) is 2.70. The molecule has 1 atom stereocenters. The van der Waals surface area contributed by atoms with E-state index >= 15 is 0 Å². The van der Waals surface area contributed by atoms with Gasteiger partial charge in [0, 0.05) is 5.54 Å². The molecule has 2 aliphatic rings. The molecule has 2 fully saturated rings. The number of piperidine rings is 1. The molecule has 70 valence electrons. The molecule has 0 aliphatic carbocycles. The van der Waals surface area contributed by atoms with Crippen LogP contribution in [-0.2, 0) is 9.84 Å². The monoisotopic (exact) mass is 189 g/mol. The second-order valence-electron chi connectivity index (χ2n) is 4.01. The lowest BCUT2D eigenvalue weighted by Crippen LogP contribution is -2.49. The van der Waals surface area contributed by atoms with Crippen molar-refractivity contribution >= 4 is 9.84 Å². The molecule has 0 bridgehead atoms. The maximum Gasteiger partial charge on any atom is 0.152 e. The minimum Gasteiger partial charge on any atom is -0.310 e. The van der Waals surface area contributed by atoms with Crippen LogP contribution in [0.5, 0.6) is 0 Å². The van der Waals surface area contributed by atoms with E-state index in [0.29, 0.717) is 11.5 Å². The number of nitrogens with one attached hydrogen (secondary N) is 1. The summed E-state index contributed by atoms with van der Waals surface area (Å²) in [4.78, 5) is 0. The minimum atomic E-state index is -2.72. The Balaban J connectivity index is 2.13. The first-order chi connectivity index (χ1) is 5.62. The van der Waals surface area contributed by atoms with Crippen molar-refractivity contribution in [1.29, 1.82) is 0 Å². The van der Waals surface area contributed by atoms with E-state index in [1.54, 1.807) is 0 Å². The Kier molecular flexibility index (Phi) is 1.92. The zero-order valence-corrected chi connectivity index (χ0v) is 7.99. The van der Waals surface area contributed by atoms with Gasteiger partial charge in [-0.2, -0.15) is 0 Å². The molecule has 4 heteroatoms. The highest BCUT2D eigenvalue weighted by molar-refractivity contribution is 7.91. The molecule has 1 N–H and O–H groups in total. The summed E-state index contributed by atoms with van der Waals surface area (Å²) in [5, 5.41) is 3.37. The Morgan fingerprint density at radius 3 is 2.50 bits per heavy atom. The average Bonchev–Trinajstić information content (AvgIpc) is 2.29. The van der Waals surface area contributed by atoms with Crippen molar-refractivity contribution in [3.8, 4) is 0 Å². The molecule has 0 amide bonds. The first-order valence-corrected chi connectivity index (χ1v) is 6.40. The van der Waals surface area contributed by atoms with E-state index in [1.807, 2.05) is 0 Å². The lowest BCUT2D eigenvalue weighted by Gasteiger charge is -2.33. The van der Waals surface area contributed by atoms with Gasteiger partial charge in [-0.1, -0.05) is 6.42 Å². The summed E-state index contributed by atoms with van der Waals surface area (Å²) < 4.78 is 22.5. The summed E-state index contributed by atoms with van der Waals surface area (Å²) in [6.45, 7) is 0.996. The summed E-state index contributed by atoms with van der Waals surface area (Å²) in [7, 11) is -2.72. The molecule has 2 heterocycles. The highest BCUT2D eigenvalue weighted by atomic mass is 32.2. The van der Waals surface area contributed by atoms with Crippen LogP contribution >= 0.6 is 0 Å². The molecule has 1 spiro atoms. The van der Waals surface area contributed by atoms with Crippen LogP contribution in [0.25, 0.3) is 0 Å². The van der Waals surface area contributed by atoms with E-state index in [4.69, 9.17) is 0 Å². The Morgan fingerprint density at radius 1 is 1.17 bits per heavy atom. The van der Waals surface area contributed by atoms with Gasteiger partial charge in [0.2, 0.25) is 0 Å². The van der Waals surface area contributed by atoms with Gasteiger partial charge in [0.15, 0.2) is 9.84 Å². The van der Waals surface area contributed by atoms with Gasteiger partial charge in [0.25, 0.3) is 0 Å². The standard InChI is InChI=1S/C8H15NO2S/c10-12(11)6-4-8(7-12)3-1-2-5-9-8/h9H,1-7H2. The second-order valence-corrected chi connectivity index (χ2v) is 6.19. The van der Waals surface area contributed by atoms with Crippen LogP contribution in [0.1, 0.15) is 25.7 Å². The molecule has 0 saturated carbocycles. The highest BCUT2D eigenvalue weighted by Crippen LogP contribution is 2.30. The predicted octanol–water partition coefficient (Wildman–Crippen LogP) is 0.317. The fraction of sp³-hybridized carbons (Fsp3) is 1.00. The van der Waals surface area contributed by atoms with Crippen LogP contribution in [0, 0.1) is 0 Å². The van der Waals surface area contributed by atoms with Crippen molar-refractivity contribution in [1.82, 2.24) is 5.32 Å². The van der Waals surface area contributed by atoms with E-state index in [9.17, 15) is 8.42 Å². The fourth-order valence-electron chi connectivity index (χ4n) is 2.28. The number of rotatable bonds is 0. The predicted molar refractivity (Wildman–Crippen MR) is 47.9 cm³/mol. The van der Waals surface area contributed by atoms with Gasteiger partial charge in [-0.05, 0) is 25.8 Å². The van der Waals surface area contributed by atoms with Crippen LogP contribution in [-0.4, -0.2) is 32.0 Å². The molecule has 0 aromatic heterocycles. The van der Waals surface area contributed by atoms with E-state index < -0.39 is 9.84 Å². The number of hydrogen-bond donors (Lipinski definition) is 1. The number of hydrogen-bond acceptors (Lipinski definition) is 3. The van der Waals surface area contributed by atoms with E-state index in [0.717, 1.165) is 19.4 Å². The molecule has 0 aromatic carbocycles. The maximum absolute atomic E-state index is 11.3. The largest absolute Gasteiger partial charge is 0.310 e. The summed E-state index contributed by atoms with van der Waals surface area (Å²) in [6.07, 6.45) is 4.26. The van der Waals surface area contributed by atoms with Crippen molar-refractivity contribution in [2.24, 2.45) is 0 Å². The molecular weight excluding hydrogens is 174 g/mol. The molecule has 12 heavy (non-hydrogen) atoms. The molecule has 3 nitrogen and oxygen atoms in total. The molecular formula is C8H15NO2S. The summed E-state index contributed by atoms with van der Waals surface area (Å²) >= 11 is 0. The zero-order valence-electron chi connectivity index (χ0n) is 7.17. The lowest BCUT2D eigenvalue weighted by atomic mass is 9.89. The average molecular weight is 189 g/mol. The zero-order chi connectivity index (χ0) is 8.66. The first kappa shape index (κ1) is 8.51. The third kappa shape index (κ3) is 1.50.